The van der Waals surface area contributed by atoms with Crippen LogP contribution in [0.3, 0.4) is 0 Å². The van der Waals surface area contributed by atoms with Crippen LogP contribution in [0.15, 0.2) is 0 Å². The van der Waals surface area contributed by atoms with Gasteiger partial charge in [0, 0.05) is 13.2 Å². The van der Waals surface area contributed by atoms with Crippen molar-refractivity contribution >= 4 is 5.91 Å². The zero-order valence-electron chi connectivity index (χ0n) is 11.0. The largest absolute Gasteiger partial charge is 0.368 e. The topological polar surface area (TPSA) is 38.3 Å². The molecule has 0 spiro atoms. The number of ether oxygens (including phenoxy) is 1. The summed E-state index contributed by atoms with van der Waals surface area (Å²) < 4.78 is 5.36. The predicted octanol–water partition coefficient (Wildman–Crippen LogP) is 2.21. The molecule has 1 fully saturated rings. The molecule has 1 rings (SSSR count). The van der Waals surface area contributed by atoms with Gasteiger partial charge in [0.25, 0.3) is 0 Å². The molecule has 94 valence electrons. The summed E-state index contributed by atoms with van der Waals surface area (Å²) in [6, 6.07) is 0. The van der Waals surface area contributed by atoms with Crippen molar-refractivity contribution in [3.63, 3.8) is 0 Å². The zero-order valence-corrected chi connectivity index (χ0v) is 11.0. The normalized spacial score (nSPS) is 21.1. The Labute approximate surface area is 98.9 Å². The third-order valence-corrected chi connectivity index (χ3v) is 3.45. The van der Waals surface area contributed by atoms with Crippen LogP contribution in [-0.2, 0) is 9.53 Å². The van der Waals surface area contributed by atoms with Crippen molar-refractivity contribution in [3.8, 4) is 0 Å². The molecule has 0 aromatic carbocycles. The Hall–Kier alpha value is -0.570. The number of hydrogen-bond donors (Lipinski definition) is 1. The van der Waals surface area contributed by atoms with Crippen LogP contribution in [-0.4, -0.2) is 25.2 Å². The maximum Gasteiger partial charge on any atom is 0.249 e. The molecule has 0 saturated carbocycles. The Balaban J connectivity index is 2.33. The lowest BCUT2D eigenvalue weighted by Gasteiger charge is -2.25. The van der Waals surface area contributed by atoms with Gasteiger partial charge in [0.05, 0.1) is 0 Å². The average Bonchev–Trinajstić information content (AvgIpc) is 2.69. The highest BCUT2D eigenvalue weighted by Crippen LogP contribution is 2.20. The van der Waals surface area contributed by atoms with E-state index < -0.39 is 0 Å². The molecule has 1 aliphatic rings. The molecule has 0 unspecified atom stereocenters. The van der Waals surface area contributed by atoms with Crippen LogP contribution in [0.4, 0.5) is 0 Å². The van der Waals surface area contributed by atoms with E-state index in [2.05, 4.69) is 33.0 Å². The molecule has 1 heterocycles. The van der Waals surface area contributed by atoms with Gasteiger partial charge in [0.15, 0.2) is 0 Å². The molecule has 3 nitrogen and oxygen atoms in total. The highest BCUT2D eigenvalue weighted by Gasteiger charge is 2.25. The Morgan fingerprint density at radius 2 is 1.94 bits per heavy atom. The lowest BCUT2D eigenvalue weighted by atomic mass is 9.85. The number of amides is 1. The molecule has 1 amide bonds. The van der Waals surface area contributed by atoms with E-state index in [9.17, 15) is 4.79 Å². The fourth-order valence-electron chi connectivity index (χ4n) is 2.36. The molecule has 0 aromatic heterocycles. The Bertz CT molecular complexity index is 212. The maximum atomic E-state index is 11.8. The molecular formula is C13H25NO2. The van der Waals surface area contributed by atoms with Gasteiger partial charge in [-0.15, -0.1) is 0 Å². The summed E-state index contributed by atoms with van der Waals surface area (Å²) in [5.41, 5.74) is 0. The van der Waals surface area contributed by atoms with Crippen LogP contribution in [0.5, 0.6) is 0 Å². The van der Waals surface area contributed by atoms with Crippen LogP contribution in [0.2, 0.25) is 0 Å². The van der Waals surface area contributed by atoms with E-state index in [1.807, 2.05) is 0 Å². The van der Waals surface area contributed by atoms with Gasteiger partial charge in [-0.3, -0.25) is 4.79 Å². The number of carbonyl (C=O) groups excluding carboxylic acids is 1. The minimum absolute atomic E-state index is 0.0730. The van der Waals surface area contributed by atoms with Crippen molar-refractivity contribution in [2.24, 2.45) is 17.8 Å². The SMILES string of the molecule is CC(C)C(CNC(=O)[C@@H]1CCCO1)C(C)C. The Morgan fingerprint density at radius 1 is 1.31 bits per heavy atom. The van der Waals surface area contributed by atoms with E-state index in [0.29, 0.717) is 17.8 Å². The van der Waals surface area contributed by atoms with Gasteiger partial charge in [0.1, 0.15) is 6.10 Å². The van der Waals surface area contributed by atoms with Gasteiger partial charge in [-0.2, -0.15) is 0 Å². The third kappa shape index (κ3) is 3.78. The molecular weight excluding hydrogens is 202 g/mol. The van der Waals surface area contributed by atoms with Gasteiger partial charge in [-0.05, 0) is 30.6 Å². The fraction of sp³-hybridized carbons (Fsp3) is 0.923. The summed E-state index contributed by atoms with van der Waals surface area (Å²) in [5, 5.41) is 3.02. The van der Waals surface area contributed by atoms with E-state index >= 15 is 0 Å². The molecule has 0 radical (unpaired) electrons. The van der Waals surface area contributed by atoms with Crippen molar-refractivity contribution in [1.82, 2.24) is 5.32 Å². The first-order valence-electron chi connectivity index (χ1n) is 6.41. The van der Waals surface area contributed by atoms with Crippen LogP contribution in [0.1, 0.15) is 40.5 Å². The van der Waals surface area contributed by atoms with E-state index in [1.54, 1.807) is 0 Å². The number of carbonyl (C=O) groups is 1. The van der Waals surface area contributed by atoms with Crippen LogP contribution in [0.25, 0.3) is 0 Å². The molecule has 0 aliphatic carbocycles. The summed E-state index contributed by atoms with van der Waals surface area (Å²) in [6.45, 7) is 10.3. The molecule has 1 N–H and O–H groups in total. The van der Waals surface area contributed by atoms with Crippen molar-refractivity contribution in [2.45, 2.75) is 46.6 Å². The van der Waals surface area contributed by atoms with Gasteiger partial charge in [-0.1, -0.05) is 27.7 Å². The molecule has 3 heteroatoms. The first kappa shape index (κ1) is 13.5. The fourth-order valence-corrected chi connectivity index (χ4v) is 2.36. The van der Waals surface area contributed by atoms with Gasteiger partial charge in [-0.25, -0.2) is 0 Å². The summed E-state index contributed by atoms with van der Waals surface area (Å²) >= 11 is 0. The van der Waals surface area contributed by atoms with E-state index in [4.69, 9.17) is 4.74 Å². The van der Waals surface area contributed by atoms with E-state index in [0.717, 1.165) is 26.0 Å². The van der Waals surface area contributed by atoms with Crippen LogP contribution < -0.4 is 5.32 Å². The minimum Gasteiger partial charge on any atom is -0.368 e. The summed E-state index contributed by atoms with van der Waals surface area (Å²) in [5.74, 6) is 1.82. The van der Waals surface area contributed by atoms with E-state index in [-0.39, 0.29) is 12.0 Å². The molecule has 0 aromatic rings. The van der Waals surface area contributed by atoms with Crippen molar-refractivity contribution in [3.05, 3.63) is 0 Å². The van der Waals surface area contributed by atoms with Gasteiger partial charge in [0.2, 0.25) is 5.91 Å². The highest BCUT2D eigenvalue weighted by atomic mass is 16.5. The summed E-state index contributed by atoms with van der Waals surface area (Å²) in [4.78, 5) is 11.8. The maximum absolute atomic E-state index is 11.8. The number of hydrogen-bond acceptors (Lipinski definition) is 2. The number of rotatable bonds is 5. The minimum atomic E-state index is -0.194. The first-order chi connectivity index (χ1) is 7.52. The standard InChI is InChI=1S/C13H25NO2/c1-9(2)11(10(3)4)8-14-13(15)12-6-5-7-16-12/h9-12H,5-8H2,1-4H3,(H,14,15)/t12-/m0/s1. The lowest BCUT2D eigenvalue weighted by Crippen LogP contribution is -2.39. The smallest absolute Gasteiger partial charge is 0.249 e. The number of nitrogens with one attached hydrogen (secondary N) is 1. The van der Waals surface area contributed by atoms with Crippen molar-refractivity contribution in [1.29, 1.82) is 0 Å². The molecule has 16 heavy (non-hydrogen) atoms. The Kier molecular flexibility index (Phi) is 5.26. The second-order valence-electron chi connectivity index (χ2n) is 5.40. The average molecular weight is 227 g/mol. The third-order valence-electron chi connectivity index (χ3n) is 3.45. The monoisotopic (exact) mass is 227 g/mol. The van der Waals surface area contributed by atoms with E-state index in [1.165, 1.54) is 0 Å². The second-order valence-corrected chi connectivity index (χ2v) is 5.40. The molecule has 1 aliphatic heterocycles. The first-order valence-corrected chi connectivity index (χ1v) is 6.41. The summed E-state index contributed by atoms with van der Waals surface area (Å²) in [7, 11) is 0. The Morgan fingerprint density at radius 3 is 2.38 bits per heavy atom. The van der Waals surface area contributed by atoms with Gasteiger partial charge < -0.3 is 10.1 Å². The van der Waals surface area contributed by atoms with Crippen molar-refractivity contribution < 1.29 is 9.53 Å². The van der Waals surface area contributed by atoms with Crippen LogP contribution in [0, 0.1) is 17.8 Å². The predicted molar refractivity (Wildman–Crippen MR) is 65.1 cm³/mol. The second kappa shape index (κ2) is 6.24. The molecule has 1 atom stereocenters. The zero-order chi connectivity index (χ0) is 12.1. The van der Waals surface area contributed by atoms with Crippen LogP contribution >= 0.6 is 0 Å². The quantitative estimate of drug-likeness (QED) is 0.782. The highest BCUT2D eigenvalue weighted by molar-refractivity contribution is 5.80. The lowest BCUT2D eigenvalue weighted by molar-refractivity contribution is -0.130. The molecule has 0 bridgehead atoms. The van der Waals surface area contributed by atoms with Gasteiger partial charge >= 0.3 is 0 Å². The van der Waals surface area contributed by atoms with Crippen molar-refractivity contribution in [2.75, 3.05) is 13.2 Å². The molecule has 1 saturated heterocycles. The summed E-state index contributed by atoms with van der Waals surface area (Å²) in [6.07, 6.45) is 1.69.